The molecular weight excluding hydrogens is 484 g/mol. The second-order valence-electron chi connectivity index (χ2n) is 6.64. The molecule has 4 heteroatoms. The van der Waals surface area contributed by atoms with Crippen LogP contribution in [0.3, 0.4) is 0 Å². The Labute approximate surface area is 177 Å². The van der Waals surface area contributed by atoms with Gasteiger partial charge in [-0.05, 0) is 84.4 Å². The molecule has 0 saturated carbocycles. The number of hydrogen-bond donors (Lipinski definition) is 1. The van der Waals surface area contributed by atoms with Crippen molar-refractivity contribution in [1.29, 1.82) is 0 Å². The summed E-state index contributed by atoms with van der Waals surface area (Å²) in [5.41, 5.74) is 3.61. The number of halogens is 2. The molecule has 1 heterocycles. The number of aryl methyl sites for hydroxylation is 1. The van der Waals surface area contributed by atoms with Gasteiger partial charge in [0.2, 0.25) is 0 Å². The predicted molar refractivity (Wildman–Crippen MR) is 124 cm³/mol. The van der Waals surface area contributed by atoms with Gasteiger partial charge in [-0.2, -0.15) is 0 Å². The number of thiophene rings is 1. The Balaban J connectivity index is 2.08. The average molecular weight is 498 g/mol. The molecule has 0 aliphatic heterocycles. The second-order valence-corrected chi connectivity index (χ2v) is 9.40. The first-order chi connectivity index (χ1) is 13.1. The number of rotatable bonds is 1. The SMILES string of the molecule is Cc1c2ccccc2c(-c2cc(Br)c(O)c(Br)c2)c2c1sc1ccccc12. The molecule has 132 valence electrons. The van der Waals surface area contributed by atoms with Gasteiger partial charge in [-0.1, -0.05) is 42.5 Å². The van der Waals surface area contributed by atoms with Gasteiger partial charge in [0.15, 0.2) is 0 Å². The van der Waals surface area contributed by atoms with Gasteiger partial charge < -0.3 is 5.11 Å². The van der Waals surface area contributed by atoms with Crippen molar-refractivity contribution in [2.75, 3.05) is 0 Å². The molecule has 0 radical (unpaired) electrons. The summed E-state index contributed by atoms with van der Waals surface area (Å²) in [5.74, 6) is 0.224. The third-order valence-electron chi connectivity index (χ3n) is 5.09. The molecule has 4 aromatic carbocycles. The molecule has 1 nitrogen and oxygen atoms in total. The van der Waals surface area contributed by atoms with Crippen molar-refractivity contribution in [3.63, 3.8) is 0 Å². The summed E-state index contributed by atoms with van der Waals surface area (Å²) in [6.07, 6.45) is 0. The molecule has 1 N–H and O–H groups in total. The lowest BCUT2D eigenvalue weighted by Crippen LogP contribution is -1.88. The van der Waals surface area contributed by atoms with Crippen LogP contribution in [-0.2, 0) is 0 Å². The fourth-order valence-electron chi connectivity index (χ4n) is 3.85. The van der Waals surface area contributed by atoms with E-state index in [1.165, 1.54) is 42.1 Å². The van der Waals surface area contributed by atoms with Crippen LogP contribution in [0.4, 0.5) is 0 Å². The molecule has 0 bridgehead atoms. The first-order valence-electron chi connectivity index (χ1n) is 8.57. The van der Waals surface area contributed by atoms with E-state index < -0.39 is 0 Å². The first-order valence-corrected chi connectivity index (χ1v) is 11.0. The molecule has 0 unspecified atom stereocenters. The molecule has 0 atom stereocenters. The minimum absolute atomic E-state index is 0.224. The third kappa shape index (κ3) is 2.54. The molecular formula is C23H14Br2OS. The third-order valence-corrected chi connectivity index (χ3v) is 7.59. The van der Waals surface area contributed by atoms with E-state index in [1.807, 2.05) is 23.5 Å². The highest BCUT2D eigenvalue weighted by atomic mass is 79.9. The highest BCUT2D eigenvalue weighted by molar-refractivity contribution is 9.11. The van der Waals surface area contributed by atoms with Crippen LogP contribution in [-0.4, -0.2) is 5.11 Å². The smallest absolute Gasteiger partial charge is 0.143 e. The summed E-state index contributed by atoms with van der Waals surface area (Å²) in [4.78, 5) is 0. The largest absolute Gasteiger partial charge is 0.506 e. The zero-order valence-corrected chi connectivity index (χ0v) is 18.4. The normalized spacial score (nSPS) is 11.7. The van der Waals surface area contributed by atoms with Gasteiger partial charge in [0.05, 0.1) is 8.95 Å². The number of hydrogen-bond acceptors (Lipinski definition) is 2. The van der Waals surface area contributed by atoms with E-state index in [0.29, 0.717) is 8.95 Å². The van der Waals surface area contributed by atoms with Gasteiger partial charge >= 0.3 is 0 Å². The number of aromatic hydroxyl groups is 1. The monoisotopic (exact) mass is 496 g/mol. The molecule has 0 amide bonds. The molecule has 1 aromatic heterocycles. The Hall–Kier alpha value is -1.88. The van der Waals surface area contributed by atoms with Crippen LogP contribution in [0.5, 0.6) is 5.75 Å². The topological polar surface area (TPSA) is 20.2 Å². The number of fused-ring (bicyclic) bond motifs is 4. The Morgan fingerprint density at radius 1 is 0.815 bits per heavy atom. The van der Waals surface area contributed by atoms with Crippen LogP contribution in [0.1, 0.15) is 5.56 Å². The van der Waals surface area contributed by atoms with E-state index in [9.17, 15) is 5.11 Å². The van der Waals surface area contributed by atoms with Crippen molar-refractivity contribution in [2.24, 2.45) is 0 Å². The summed E-state index contributed by atoms with van der Waals surface area (Å²) in [6.45, 7) is 2.21. The lowest BCUT2D eigenvalue weighted by molar-refractivity contribution is 0.468. The summed E-state index contributed by atoms with van der Waals surface area (Å²) in [5, 5.41) is 15.3. The van der Waals surface area contributed by atoms with Gasteiger partial charge in [0.1, 0.15) is 5.75 Å². The highest BCUT2D eigenvalue weighted by Gasteiger charge is 2.19. The zero-order chi connectivity index (χ0) is 18.7. The number of phenols is 1. The highest BCUT2D eigenvalue weighted by Crippen LogP contribution is 2.48. The summed E-state index contributed by atoms with van der Waals surface area (Å²) >= 11 is 8.85. The average Bonchev–Trinajstić information content (AvgIpc) is 3.06. The fraction of sp³-hybridized carbons (Fsp3) is 0.0435. The van der Waals surface area contributed by atoms with Gasteiger partial charge in [0, 0.05) is 20.2 Å². The fourth-order valence-corrected chi connectivity index (χ4v) is 6.26. The number of phenolic OH excluding ortho intramolecular Hbond substituents is 1. The maximum Gasteiger partial charge on any atom is 0.143 e. The molecule has 5 rings (SSSR count). The zero-order valence-electron chi connectivity index (χ0n) is 14.4. The molecule has 27 heavy (non-hydrogen) atoms. The van der Waals surface area contributed by atoms with E-state index in [2.05, 4.69) is 87.3 Å². The number of benzene rings is 4. The first kappa shape index (κ1) is 17.2. The molecule has 0 fully saturated rings. The van der Waals surface area contributed by atoms with Crippen LogP contribution < -0.4 is 0 Å². The van der Waals surface area contributed by atoms with Crippen molar-refractivity contribution in [2.45, 2.75) is 6.92 Å². The second kappa shape index (κ2) is 6.33. The lowest BCUT2D eigenvalue weighted by Gasteiger charge is -2.14. The van der Waals surface area contributed by atoms with E-state index in [1.54, 1.807) is 0 Å². The van der Waals surface area contributed by atoms with Crippen molar-refractivity contribution >= 4 is 74.1 Å². The lowest BCUT2D eigenvalue weighted by atomic mass is 9.91. The van der Waals surface area contributed by atoms with Crippen LogP contribution in [0.15, 0.2) is 69.6 Å². The van der Waals surface area contributed by atoms with Gasteiger partial charge in [-0.3, -0.25) is 0 Å². The van der Waals surface area contributed by atoms with Crippen LogP contribution >= 0.6 is 43.2 Å². The van der Waals surface area contributed by atoms with E-state index in [0.717, 1.165) is 5.56 Å². The molecule has 0 aliphatic carbocycles. The summed E-state index contributed by atoms with van der Waals surface area (Å²) in [6, 6.07) is 21.2. The molecule has 0 saturated heterocycles. The molecule has 0 spiro atoms. The minimum Gasteiger partial charge on any atom is -0.506 e. The Morgan fingerprint density at radius 2 is 1.41 bits per heavy atom. The Kier molecular flexibility index (Phi) is 4.04. The van der Waals surface area contributed by atoms with Crippen LogP contribution in [0.2, 0.25) is 0 Å². The van der Waals surface area contributed by atoms with Crippen molar-refractivity contribution in [3.05, 3.63) is 75.2 Å². The van der Waals surface area contributed by atoms with Crippen LogP contribution in [0, 0.1) is 6.92 Å². The molecule has 5 aromatic rings. The Bertz CT molecular complexity index is 1340. The van der Waals surface area contributed by atoms with Gasteiger partial charge in [-0.25, -0.2) is 0 Å². The summed E-state index contributed by atoms with van der Waals surface area (Å²) in [7, 11) is 0. The van der Waals surface area contributed by atoms with Crippen molar-refractivity contribution < 1.29 is 5.11 Å². The van der Waals surface area contributed by atoms with Crippen molar-refractivity contribution in [1.82, 2.24) is 0 Å². The molecule has 0 aliphatic rings. The maximum absolute atomic E-state index is 10.2. The quantitative estimate of drug-likeness (QED) is 0.246. The maximum atomic E-state index is 10.2. The van der Waals surface area contributed by atoms with E-state index in [4.69, 9.17) is 0 Å². The Morgan fingerprint density at radius 3 is 2.11 bits per heavy atom. The summed E-state index contributed by atoms with van der Waals surface area (Å²) < 4.78 is 3.99. The van der Waals surface area contributed by atoms with E-state index >= 15 is 0 Å². The van der Waals surface area contributed by atoms with Crippen LogP contribution in [0.25, 0.3) is 42.1 Å². The van der Waals surface area contributed by atoms with Gasteiger partial charge in [0.25, 0.3) is 0 Å². The minimum atomic E-state index is 0.224. The van der Waals surface area contributed by atoms with E-state index in [-0.39, 0.29) is 5.75 Å². The van der Waals surface area contributed by atoms with Gasteiger partial charge in [-0.15, -0.1) is 11.3 Å². The predicted octanol–water partition coefficient (Wildman–Crippen LogP) is 8.41. The standard InChI is InChI=1S/C23H14Br2OS/c1-12-14-6-2-3-7-15(14)20(13-10-17(24)22(26)18(25)11-13)21-16-8-4-5-9-19(16)27-23(12)21/h2-11,26H,1H3. The van der Waals surface area contributed by atoms with Crippen molar-refractivity contribution in [3.8, 4) is 16.9 Å².